The van der Waals surface area contributed by atoms with Crippen molar-refractivity contribution in [2.45, 2.75) is 163 Å². The molecule has 2 aromatic carbocycles. The molecule has 0 radical (unpaired) electrons. The van der Waals surface area contributed by atoms with Crippen molar-refractivity contribution >= 4 is 34.9 Å². The Balaban J connectivity index is 0.797. The van der Waals surface area contributed by atoms with Gasteiger partial charge in [-0.1, -0.05) is 58.9 Å². The number of allylic oxidation sites excluding steroid dienone is 2. The highest BCUT2D eigenvalue weighted by Gasteiger charge is 2.38. The lowest BCUT2D eigenvalue weighted by Crippen LogP contribution is -2.38. The molecule has 87 heavy (non-hydrogen) atoms. The van der Waals surface area contributed by atoms with E-state index in [9.17, 15) is 29.4 Å². The maximum atomic E-state index is 13.5. The van der Waals surface area contributed by atoms with E-state index in [1.165, 1.54) is 42.8 Å². The number of ether oxygens (including phenoxy) is 2. The average Bonchev–Trinajstić information content (AvgIpc) is 1.91. The van der Waals surface area contributed by atoms with Gasteiger partial charge in [-0.05, 0) is 233 Å². The molecule has 2 unspecified atom stereocenters. The number of piperidine rings is 2. The minimum Gasteiger partial charge on any atom is -0.489 e. The molecule has 2 aliphatic heterocycles. The summed E-state index contributed by atoms with van der Waals surface area (Å²) in [6, 6.07) is 24.4. The fourth-order valence-electron chi connectivity index (χ4n) is 14.5. The van der Waals surface area contributed by atoms with Gasteiger partial charge in [0.15, 0.2) is 11.6 Å². The molecular weight excluding hydrogens is 1090 g/mol. The zero-order chi connectivity index (χ0) is 60.6. The third-order valence-corrected chi connectivity index (χ3v) is 19.8. The predicted octanol–water partition coefficient (Wildman–Crippen LogP) is 13.4. The number of hydrogen-bond donors (Lipinski definition) is 2. The van der Waals surface area contributed by atoms with E-state index < -0.39 is 11.9 Å². The molecular formula is C71H84N8O8. The first-order chi connectivity index (χ1) is 42.2. The molecule has 4 aliphatic carbocycles. The van der Waals surface area contributed by atoms with Gasteiger partial charge in [-0.15, -0.1) is 0 Å². The summed E-state index contributed by atoms with van der Waals surface area (Å²) in [5, 5.41) is 31.8. The van der Waals surface area contributed by atoms with Crippen LogP contribution in [0.2, 0.25) is 0 Å². The topological polar surface area (TPSA) is 195 Å². The van der Waals surface area contributed by atoms with Crippen molar-refractivity contribution < 1.29 is 38.9 Å². The van der Waals surface area contributed by atoms with Gasteiger partial charge in [-0.2, -0.15) is 10.2 Å². The summed E-state index contributed by atoms with van der Waals surface area (Å²) < 4.78 is 16.3. The van der Waals surface area contributed by atoms with E-state index in [-0.39, 0.29) is 58.3 Å². The quantitative estimate of drug-likeness (QED) is 0.0735. The lowest BCUT2D eigenvalue weighted by molar-refractivity contribution is -0.134. The minimum atomic E-state index is -1.27. The van der Waals surface area contributed by atoms with Gasteiger partial charge in [-0.3, -0.25) is 9.59 Å². The van der Waals surface area contributed by atoms with E-state index >= 15 is 0 Å². The molecule has 6 aliphatic rings. The molecule has 16 nitrogen and oxygen atoms in total. The van der Waals surface area contributed by atoms with Crippen LogP contribution in [0.25, 0.3) is 34.2 Å². The second kappa shape index (κ2) is 25.4. The third-order valence-electron chi connectivity index (χ3n) is 19.8. The van der Waals surface area contributed by atoms with Gasteiger partial charge in [0.05, 0.1) is 22.8 Å². The van der Waals surface area contributed by atoms with Crippen molar-refractivity contribution in [1.29, 1.82) is 0 Å². The fourth-order valence-corrected chi connectivity index (χ4v) is 14.5. The SMILES string of the molecule is CCc1cc(OCC2=C(c3cccc(-n4nc(-c5nn(-c6cccc(C7=C(COc8ccc(C9CCN(C(=O)C%10CC%10)CC9)c(CC)c8)C(C)CCC7)n6)c(CC)c5C(=O)O)c(C(=O)O)c4C)n3)CCCC2C)ccc1C1CCN(C(=O)C2CC2)CC1. The van der Waals surface area contributed by atoms with Crippen molar-refractivity contribution in [3.63, 3.8) is 0 Å². The molecule has 2 amide bonds. The Morgan fingerprint density at radius 2 is 0.977 bits per heavy atom. The Morgan fingerprint density at radius 1 is 0.540 bits per heavy atom. The lowest BCUT2D eigenvalue weighted by atomic mass is 9.82. The number of aromatic carboxylic acids is 2. The summed E-state index contributed by atoms with van der Waals surface area (Å²) in [4.78, 5) is 67.0. The minimum absolute atomic E-state index is 0.0681. The Hall–Kier alpha value is -7.88. The smallest absolute Gasteiger partial charge is 0.339 e. The lowest BCUT2D eigenvalue weighted by Gasteiger charge is -2.33. The van der Waals surface area contributed by atoms with Gasteiger partial charge in [0.1, 0.15) is 47.2 Å². The Labute approximate surface area is 511 Å². The number of hydrogen-bond acceptors (Lipinski definition) is 10. The molecule has 4 aromatic heterocycles. The van der Waals surface area contributed by atoms with Crippen molar-refractivity contribution in [2.24, 2.45) is 23.7 Å². The summed E-state index contributed by atoms with van der Waals surface area (Å²) in [7, 11) is 0. The molecule has 2 N–H and O–H groups in total. The number of carbonyl (C=O) groups is 4. The number of carboxylic acid groups (broad SMARTS) is 2. The molecule has 16 heteroatoms. The molecule has 6 aromatic rings. The van der Waals surface area contributed by atoms with Crippen molar-refractivity contribution in [2.75, 3.05) is 39.4 Å². The largest absolute Gasteiger partial charge is 0.489 e. The first-order valence-electron chi connectivity index (χ1n) is 32.4. The first-order valence-corrected chi connectivity index (χ1v) is 32.4. The van der Waals surface area contributed by atoms with Crippen LogP contribution in [0.5, 0.6) is 11.5 Å². The van der Waals surface area contributed by atoms with Crippen LogP contribution in [0.4, 0.5) is 0 Å². The number of aromatic nitrogens is 6. The zero-order valence-electron chi connectivity index (χ0n) is 51.6. The van der Waals surface area contributed by atoms with Gasteiger partial charge in [-0.25, -0.2) is 28.9 Å². The van der Waals surface area contributed by atoms with Crippen LogP contribution in [0.3, 0.4) is 0 Å². The van der Waals surface area contributed by atoms with Crippen LogP contribution in [0.1, 0.15) is 202 Å². The third kappa shape index (κ3) is 12.3. The second-order valence-corrected chi connectivity index (χ2v) is 25.4. The highest BCUT2D eigenvalue weighted by Crippen LogP contribution is 2.42. The number of nitrogens with zero attached hydrogens (tertiary/aromatic N) is 8. The van der Waals surface area contributed by atoms with Crippen LogP contribution < -0.4 is 9.47 Å². The van der Waals surface area contributed by atoms with E-state index in [1.54, 1.807) is 19.1 Å². The number of carbonyl (C=O) groups excluding carboxylic acids is 2. The summed E-state index contributed by atoms with van der Waals surface area (Å²) in [6.07, 6.45) is 15.7. The molecule has 2 atom stereocenters. The normalized spacial score (nSPS) is 19.7. The Kier molecular flexibility index (Phi) is 17.4. The van der Waals surface area contributed by atoms with Crippen molar-refractivity contribution in [3.8, 4) is 34.5 Å². The standard InChI is InChI=1S/C71H84N8O8/c1-7-45-38-51(26-28-53(45)47-30-34-76(35-31-47)68(80)49-22-23-49)86-40-57-42(4)14-10-16-55(57)59-18-12-20-62(72-59)78-44(6)64(70(82)83)66(74-78)67-65(71(84)85)61(9-3)79(75-67)63-21-13-19-60(73-63)56-17-11-15-43(5)58(56)41-87-52-27-29-54(46(8-2)39-52)48-32-36-77(37-33-48)69(81)50-24-25-50/h12-13,18-21,26-29,38-39,42-43,47-50H,7-11,14-17,22-25,30-37,40-41H2,1-6H3,(H,82,83)(H,84,85). The van der Waals surface area contributed by atoms with E-state index in [4.69, 9.17) is 29.6 Å². The van der Waals surface area contributed by atoms with Crippen LogP contribution in [-0.4, -0.2) is 113 Å². The number of benzene rings is 2. The number of pyridine rings is 2. The first kappa shape index (κ1) is 59.5. The Bertz CT molecular complexity index is 3680. The molecule has 0 spiro atoms. The van der Waals surface area contributed by atoms with E-state index in [1.807, 2.05) is 31.2 Å². The van der Waals surface area contributed by atoms with Gasteiger partial charge in [0, 0.05) is 38.0 Å². The van der Waals surface area contributed by atoms with Crippen LogP contribution >= 0.6 is 0 Å². The number of carboxylic acids is 2. The van der Waals surface area contributed by atoms with E-state index in [0.717, 1.165) is 163 Å². The van der Waals surface area contributed by atoms with Crippen LogP contribution in [0.15, 0.2) is 83.9 Å². The van der Waals surface area contributed by atoms with E-state index in [2.05, 4.69) is 73.9 Å². The second-order valence-electron chi connectivity index (χ2n) is 25.4. The fraction of sp³-hybridized carbons (Fsp3) is 0.493. The summed E-state index contributed by atoms with van der Waals surface area (Å²) >= 11 is 0. The predicted molar refractivity (Wildman–Crippen MR) is 335 cm³/mol. The maximum Gasteiger partial charge on any atom is 0.339 e. The van der Waals surface area contributed by atoms with Crippen molar-refractivity contribution in [1.82, 2.24) is 39.3 Å². The average molecular weight is 1180 g/mol. The summed E-state index contributed by atoms with van der Waals surface area (Å²) in [6.45, 7) is 16.4. The van der Waals surface area contributed by atoms with Crippen molar-refractivity contribution in [3.05, 3.63) is 140 Å². The summed E-state index contributed by atoms with van der Waals surface area (Å²) in [5.74, 6) is 2.43. The highest BCUT2D eigenvalue weighted by atomic mass is 16.5. The molecule has 2 saturated heterocycles. The molecule has 12 rings (SSSR count). The van der Waals surface area contributed by atoms with Gasteiger partial charge < -0.3 is 29.5 Å². The number of likely N-dealkylation sites (tertiary alicyclic amines) is 2. The number of rotatable bonds is 20. The number of aryl methyl sites for hydroxylation is 2. The van der Waals surface area contributed by atoms with Crippen LogP contribution in [-0.2, 0) is 28.9 Å². The molecule has 0 bridgehead atoms. The van der Waals surface area contributed by atoms with Gasteiger partial charge >= 0.3 is 11.9 Å². The van der Waals surface area contributed by atoms with Gasteiger partial charge in [0.25, 0.3) is 0 Å². The molecule has 2 saturated carbocycles. The van der Waals surface area contributed by atoms with Gasteiger partial charge in [0.2, 0.25) is 11.8 Å². The van der Waals surface area contributed by atoms with Crippen LogP contribution in [0, 0.1) is 30.6 Å². The zero-order valence-corrected chi connectivity index (χ0v) is 51.6. The number of amides is 2. The van der Waals surface area contributed by atoms with E-state index in [0.29, 0.717) is 54.2 Å². The molecule has 6 heterocycles. The molecule has 456 valence electrons. The monoisotopic (exact) mass is 1180 g/mol. The maximum absolute atomic E-state index is 13.5. The molecule has 4 fully saturated rings. The Morgan fingerprint density at radius 3 is 1.40 bits per heavy atom. The summed E-state index contributed by atoms with van der Waals surface area (Å²) in [5.41, 5.74) is 11.5. The highest BCUT2D eigenvalue weighted by molar-refractivity contribution is 6.02.